The van der Waals surface area contributed by atoms with E-state index in [4.69, 9.17) is 5.73 Å². The van der Waals surface area contributed by atoms with Gasteiger partial charge in [0, 0.05) is 12.5 Å². The topological polar surface area (TPSA) is 51.8 Å². The van der Waals surface area contributed by atoms with Crippen LogP contribution in [0.5, 0.6) is 0 Å². The van der Waals surface area contributed by atoms with Gasteiger partial charge in [0.2, 0.25) is 0 Å². The minimum Gasteiger partial charge on any atom is -0.383 e. The lowest BCUT2D eigenvalue weighted by atomic mass is 10.1. The van der Waals surface area contributed by atoms with E-state index in [1.54, 1.807) is 0 Å². The maximum Gasteiger partial charge on any atom is 0.140 e. The number of nitrogen functional groups attached to an aromatic ring is 1. The molecule has 0 atom stereocenters. The van der Waals surface area contributed by atoms with Crippen molar-refractivity contribution in [3.05, 3.63) is 50.5 Å². The number of hydrogen-bond acceptors (Lipinski definition) is 3. The Morgan fingerprint density at radius 2 is 1.78 bits per heavy atom. The summed E-state index contributed by atoms with van der Waals surface area (Å²) in [7, 11) is 0. The Hall–Kier alpha value is -1.31. The van der Waals surface area contributed by atoms with Gasteiger partial charge in [-0.05, 0) is 47.2 Å². The van der Waals surface area contributed by atoms with Gasteiger partial charge in [0.1, 0.15) is 23.3 Å². The third-order valence-corrected chi connectivity index (χ3v) is 3.71. The lowest BCUT2D eigenvalue weighted by Crippen LogP contribution is -2.06. The molecule has 94 valence electrons. The van der Waals surface area contributed by atoms with Gasteiger partial charge in [0.05, 0.1) is 9.26 Å². The molecule has 2 N–H and O–H groups in total. The van der Waals surface area contributed by atoms with E-state index in [2.05, 4.69) is 32.6 Å². The monoisotopic (exact) mass is 361 g/mol. The van der Waals surface area contributed by atoms with Crippen molar-refractivity contribution in [2.45, 2.75) is 13.3 Å². The lowest BCUT2D eigenvalue weighted by Gasteiger charge is -2.06. The normalized spacial score (nSPS) is 10.7. The fraction of sp³-hybridized carbons (Fsp3) is 0.167. The van der Waals surface area contributed by atoms with Crippen molar-refractivity contribution in [2.75, 3.05) is 5.73 Å². The molecule has 1 heterocycles. The van der Waals surface area contributed by atoms with Crippen molar-refractivity contribution in [3.63, 3.8) is 0 Å². The summed E-state index contributed by atoms with van der Waals surface area (Å²) in [5, 5.41) is 0. The van der Waals surface area contributed by atoms with E-state index in [-0.39, 0.29) is 6.42 Å². The maximum atomic E-state index is 13.0. The molecule has 0 aliphatic carbocycles. The minimum absolute atomic E-state index is 0.247. The van der Waals surface area contributed by atoms with E-state index >= 15 is 0 Å². The molecule has 2 aromatic rings. The lowest BCUT2D eigenvalue weighted by molar-refractivity contribution is 0.580. The van der Waals surface area contributed by atoms with Gasteiger partial charge in [-0.25, -0.2) is 18.7 Å². The molecule has 0 saturated carbocycles. The zero-order valence-corrected chi connectivity index (χ0v) is 11.7. The molecule has 0 amide bonds. The van der Waals surface area contributed by atoms with Crippen LogP contribution in [0.25, 0.3) is 0 Å². The van der Waals surface area contributed by atoms with Gasteiger partial charge in [-0.2, -0.15) is 0 Å². The van der Waals surface area contributed by atoms with Crippen molar-refractivity contribution >= 4 is 28.4 Å². The Bertz CT molecular complexity index is 559. The molecule has 0 aliphatic heterocycles. The van der Waals surface area contributed by atoms with Crippen molar-refractivity contribution in [2.24, 2.45) is 0 Å². The summed E-state index contributed by atoms with van der Waals surface area (Å²) in [5.74, 6) is -0.384. The average Bonchev–Trinajstić information content (AvgIpc) is 2.24. The van der Waals surface area contributed by atoms with Crippen LogP contribution >= 0.6 is 22.6 Å². The first-order chi connectivity index (χ1) is 8.45. The fourth-order valence-corrected chi connectivity index (χ4v) is 1.86. The molecule has 0 aliphatic rings. The quantitative estimate of drug-likeness (QED) is 0.837. The van der Waals surface area contributed by atoms with Gasteiger partial charge in [-0.3, -0.25) is 0 Å². The van der Waals surface area contributed by atoms with Crippen LogP contribution < -0.4 is 5.73 Å². The third-order valence-electron chi connectivity index (χ3n) is 2.37. The molecule has 0 fully saturated rings. The van der Waals surface area contributed by atoms with Crippen molar-refractivity contribution < 1.29 is 8.78 Å². The molecule has 3 nitrogen and oxygen atoms in total. The van der Waals surface area contributed by atoms with E-state index in [0.29, 0.717) is 17.2 Å². The molecule has 0 unspecified atom stereocenters. The van der Waals surface area contributed by atoms with Gasteiger partial charge >= 0.3 is 0 Å². The van der Waals surface area contributed by atoms with Gasteiger partial charge in [0.25, 0.3) is 0 Å². The van der Waals surface area contributed by atoms with Crippen LogP contribution in [-0.4, -0.2) is 9.97 Å². The summed E-state index contributed by atoms with van der Waals surface area (Å²) in [6.07, 6.45) is 0.247. The largest absolute Gasteiger partial charge is 0.383 e. The zero-order valence-electron chi connectivity index (χ0n) is 9.54. The van der Waals surface area contributed by atoms with E-state index in [1.165, 1.54) is 12.1 Å². The Kier molecular flexibility index (Phi) is 3.74. The van der Waals surface area contributed by atoms with Crippen molar-refractivity contribution in [3.8, 4) is 0 Å². The number of benzene rings is 1. The Morgan fingerprint density at radius 1 is 1.17 bits per heavy atom. The standard InChI is InChI=1S/C12H10F2IN3/c1-6-11(15)12(16)18-10(17-6)4-7-2-8(13)5-9(14)3-7/h2-3,5H,4H2,1H3,(H2,16,17,18). The van der Waals surface area contributed by atoms with Crippen LogP contribution in [0, 0.1) is 22.1 Å². The molecule has 18 heavy (non-hydrogen) atoms. The van der Waals surface area contributed by atoms with Crippen molar-refractivity contribution in [1.29, 1.82) is 0 Å². The second-order valence-electron chi connectivity index (χ2n) is 3.88. The second kappa shape index (κ2) is 5.13. The van der Waals surface area contributed by atoms with E-state index in [9.17, 15) is 8.78 Å². The molecular formula is C12H10F2IN3. The number of nitrogens with zero attached hydrogens (tertiary/aromatic N) is 2. The summed E-state index contributed by atoms with van der Waals surface area (Å²) in [6.45, 7) is 1.81. The highest BCUT2D eigenvalue weighted by Crippen LogP contribution is 2.17. The molecule has 0 radical (unpaired) electrons. The predicted molar refractivity (Wildman–Crippen MR) is 73.1 cm³/mol. The maximum absolute atomic E-state index is 13.0. The Labute approximate surface area is 117 Å². The van der Waals surface area contributed by atoms with E-state index in [1.807, 2.05) is 6.92 Å². The minimum atomic E-state index is -0.611. The zero-order chi connectivity index (χ0) is 13.3. The second-order valence-corrected chi connectivity index (χ2v) is 4.96. The number of hydrogen-bond donors (Lipinski definition) is 1. The number of aryl methyl sites for hydroxylation is 1. The molecule has 2 rings (SSSR count). The number of halogens is 3. The summed E-state index contributed by atoms with van der Waals surface area (Å²) in [6, 6.07) is 3.35. The molecule has 0 bridgehead atoms. The average molecular weight is 361 g/mol. The van der Waals surface area contributed by atoms with Crippen molar-refractivity contribution in [1.82, 2.24) is 9.97 Å². The van der Waals surface area contributed by atoms with Gasteiger partial charge < -0.3 is 5.73 Å². The van der Waals surface area contributed by atoms with Crippen LogP contribution in [0.15, 0.2) is 18.2 Å². The number of rotatable bonds is 2. The van der Waals surface area contributed by atoms with Gasteiger partial charge in [-0.1, -0.05) is 0 Å². The Balaban J connectivity index is 2.34. The first-order valence-electron chi connectivity index (χ1n) is 5.19. The van der Waals surface area contributed by atoms with Crippen LogP contribution in [0.4, 0.5) is 14.6 Å². The first-order valence-corrected chi connectivity index (χ1v) is 6.27. The molecule has 1 aromatic heterocycles. The van der Waals surface area contributed by atoms with Crippen LogP contribution in [-0.2, 0) is 6.42 Å². The molecular weight excluding hydrogens is 351 g/mol. The predicted octanol–water partition coefficient (Wildman–Crippen LogP) is 2.84. The van der Waals surface area contributed by atoms with E-state index < -0.39 is 11.6 Å². The highest BCUT2D eigenvalue weighted by molar-refractivity contribution is 14.1. The van der Waals surface area contributed by atoms with E-state index in [0.717, 1.165) is 15.3 Å². The van der Waals surface area contributed by atoms with Crippen LogP contribution in [0.1, 0.15) is 17.1 Å². The highest BCUT2D eigenvalue weighted by Gasteiger charge is 2.08. The summed E-state index contributed by atoms with van der Waals surface area (Å²) >= 11 is 2.06. The Morgan fingerprint density at radius 3 is 2.33 bits per heavy atom. The highest BCUT2D eigenvalue weighted by atomic mass is 127. The van der Waals surface area contributed by atoms with Crippen LogP contribution in [0.3, 0.4) is 0 Å². The van der Waals surface area contributed by atoms with Crippen LogP contribution in [0.2, 0.25) is 0 Å². The molecule has 0 spiro atoms. The smallest absolute Gasteiger partial charge is 0.140 e. The molecule has 1 aromatic carbocycles. The first kappa shape index (κ1) is 13.1. The van der Waals surface area contributed by atoms with Gasteiger partial charge in [-0.15, -0.1) is 0 Å². The summed E-state index contributed by atoms with van der Waals surface area (Å²) in [4.78, 5) is 8.35. The fourth-order valence-electron chi connectivity index (χ4n) is 1.62. The van der Waals surface area contributed by atoms with Gasteiger partial charge in [0.15, 0.2) is 0 Å². The number of aromatic nitrogens is 2. The SMILES string of the molecule is Cc1nc(Cc2cc(F)cc(F)c2)nc(N)c1I. The molecule has 6 heteroatoms. The molecule has 0 saturated heterocycles. The number of nitrogens with two attached hydrogens (primary N) is 1. The summed E-state index contributed by atoms with van der Waals surface area (Å²) < 4.78 is 26.9. The third kappa shape index (κ3) is 2.92. The summed E-state index contributed by atoms with van der Waals surface area (Å²) in [5.41, 5.74) is 6.97. The number of anilines is 1.